The van der Waals surface area contributed by atoms with Crippen LogP contribution < -0.4 is 0 Å². The standard InChI is InChI=1S/C15H28N2O3/c1-12(2)10-17-11-13(9-14(17)19)15(20)16(3)7-5-4-6-8-18/h12-13,18H,4-11H2,1-3H3. The van der Waals surface area contributed by atoms with Gasteiger partial charge in [-0.25, -0.2) is 0 Å². The van der Waals surface area contributed by atoms with Gasteiger partial charge in [0, 0.05) is 39.7 Å². The number of aliphatic hydroxyl groups is 1. The van der Waals surface area contributed by atoms with Gasteiger partial charge in [0.15, 0.2) is 0 Å². The van der Waals surface area contributed by atoms with Crippen LogP contribution in [0.5, 0.6) is 0 Å². The fourth-order valence-corrected chi connectivity index (χ4v) is 2.61. The van der Waals surface area contributed by atoms with Crippen LogP contribution in [0, 0.1) is 11.8 Å². The van der Waals surface area contributed by atoms with Crippen molar-refractivity contribution in [3.8, 4) is 0 Å². The molecule has 2 amide bonds. The predicted octanol–water partition coefficient (Wildman–Crippen LogP) is 1.11. The van der Waals surface area contributed by atoms with E-state index in [1.807, 2.05) is 4.90 Å². The van der Waals surface area contributed by atoms with Gasteiger partial charge in [0.05, 0.1) is 5.92 Å². The van der Waals surface area contributed by atoms with Crippen LogP contribution in [0.1, 0.15) is 39.5 Å². The summed E-state index contributed by atoms with van der Waals surface area (Å²) in [4.78, 5) is 27.7. The van der Waals surface area contributed by atoms with Crippen molar-refractivity contribution >= 4 is 11.8 Å². The van der Waals surface area contributed by atoms with E-state index >= 15 is 0 Å². The van der Waals surface area contributed by atoms with E-state index in [2.05, 4.69) is 13.8 Å². The van der Waals surface area contributed by atoms with Crippen LogP contribution >= 0.6 is 0 Å². The topological polar surface area (TPSA) is 60.9 Å². The van der Waals surface area contributed by atoms with Gasteiger partial charge in [-0.3, -0.25) is 9.59 Å². The Kier molecular flexibility index (Phi) is 6.99. The van der Waals surface area contributed by atoms with Gasteiger partial charge >= 0.3 is 0 Å². The largest absolute Gasteiger partial charge is 0.396 e. The predicted molar refractivity (Wildman–Crippen MR) is 78.1 cm³/mol. The SMILES string of the molecule is CC(C)CN1CC(C(=O)N(C)CCCCCO)CC1=O. The molecule has 0 bridgehead atoms. The van der Waals surface area contributed by atoms with Gasteiger partial charge in [-0.15, -0.1) is 0 Å². The Morgan fingerprint density at radius 1 is 1.40 bits per heavy atom. The van der Waals surface area contributed by atoms with Crippen molar-refractivity contribution in [2.45, 2.75) is 39.5 Å². The highest BCUT2D eigenvalue weighted by molar-refractivity contribution is 5.89. The third-order valence-electron chi connectivity index (χ3n) is 3.68. The summed E-state index contributed by atoms with van der Waals surface area (Å²) in [5.41, 5.74) is 0. The second-order valence-electron chi connectivity index (χ2n) is 6.14. The molecule has 1 rings (SSSR count). The van der Waals surface area contributed by atoms with Gasteiger partial charge in [0.25, 0.3) is 0 Å². The van der Waals surface area contributed by atoms with Crippen molar-refractivity contribution in [2.75, 3.05) is 33.3 Å². The summed E-state index contributed by atoms with van der Waals surface area (Å²) in [6.45, 7) is 6.37. The van der Waals surface area contributed by atoms with Crippen LogP contribution in [0.15, 0.2) is 0 Å². The fourth-order valence-electron chi connectivity index (χ4n) is 2.61. The number of unbranched alkanes of at least 4 members (excludes halogenated alkanes) is 2. The summed E-state index contributed by atoms with van der Waals surface area (Å²) in [5, 5.41) is 8.72. The molecule has 5 nitrogen and oxygen atoms in total. The number of hydrogen-bond donors (Lipinski definition) is 1. The first-order valence-electron chi connectivity index (χ1n) is 7.59. The number of carbonyl (C=O) groups excluding carboxylic acids is 2. The van der Waals surface area contributed by atoms with Crippen molar-refractivity contribution < 1.29 is 14.7 Å². The Labute approximate surface area is 121 Å². The summed E-state index contributed by atoms with van der Waals surface area (Å²) < 4.78 is 0. The highest BCUT2D eigenvalue weighted by atomic mass is 16.3. The zero-order valence-corrected chi connectivity index (χ0v) is 13.0. The molecule has 1 aliphatic heterocycles. The third kappa shape index (κ3) is 5.12. The number of rotatable bonds is 8. The first-order chi connectivity index (χ1) is 9.45. The first kappa shape index (κ1) is 17.0. The number of aliphatic hydroxyl groups excluding tert-OH is 1. The minimum atomic E-state index is -0.177. The molecule has 1 atom stereocenters. The Balaban J connectivity index is 2.38. The first-order valence-corrected chi connectivity index (χ1v) is 7.59. The maximum absolute atomic E-state index is 12.3. The molecule has 1 N–H and O–H groups in total. The summed E-state index contributed by atoms with van der Waals surface area (Å²) in [7, 11) is 1.80. The van der Waals surface area contributed by atoms with Crippen molar-refractivity contribution in [1.29, 1.82) is 0 Å². The average Bonchev–Trinajstić information content (AvgIpc) is 2.74. The third-order valence-corrected chi connectivity index (χ3v) is 3.68. The minimum absolute atomic E-state index is 0.0774. The summed E-state index contributed by atoms with van der Waals surface area (Å²) in [6, 6.07) is 0. The Hall–Kier alpha value is -1.10. The molecule has 1 aliphatic rings. The van der Waals surface area contributed by atoms with Crippen LogP contribution in [0.25, 0.3) is 0 Å². The van der Waals surface area contributed by atoms with Crippen LogP contribution in [-0.2, 0) is 9.59 Å². The fraction of sp³-hybridized carbons (Fsp3) is 0.867. The van der Waals surface area contributed by atoms with E-state index in [1.54, 1.807) is 11.9 Å². The molecule has 1 saturated heterocycles. The molecule has 1 fully saturated rings. The summed E-state index contributed by atoms with van der Waals surface area (Å²) in [5.74, 6) is 0.437. The number of carbonyl (C=O) groups is 2. The lowest BCUT2D eigenvalue weighted by Crippen LogP contribution is -2.36. The lowest BCUT2D eigenvalue weighted by atomic mass is 10.1. The molecule has 0 radical (unpaired) electrons. The highest BCUT2D eigenvalue weighted by Gasteiger charge is 2.35. The van der Waals surface area contributed by atoms with E-state index in [0.717, 1.165) is 25.8 Å². The Morgan fingerprint density at radius 3 is 2.70 bits per heavy atom. The van der Waals surface area contributed by atoms with Gasteiger partial charge < -0.3 is 14.9 Å². The number of nitrogens with zero attached hydrogens (tertiary/aromatic N) is 2. The van der Waals surface area contributed by atoms with Gasteiger partial charge in [-0.2, -0.15) is 0 Å². The molecule has 1 heterocycles. The van der Waals surface area contributed by atoms with Gasteiger partial charge in [-0.1, -0.05) is 13.8 Å². The molecule has 116 valence electrons. The second kappa shape index (κ2) is 8.25. The van der Waals surface area contributed by atoms with Crippen LogP contribution in [-0.4, -0.2) is 60.0 Å². The highest BCUT2D eigenvalue weighted by Crippen LogP contribution is 2.21. The molecule has 0 aromatic rings. The van der Waals surface area contributed by atoms with E-state index < -0.39 is 0 Å². The smallest absolute Gasteiger partial charge is 0.227 e. The molecule has 0 aromatic heterocycles. The molecular formula is C15H28N2O3. The summed E-state index contributed by atoms with van der Waals surface area (Å²) >= 11 is 0. The van der Waals surface area contributed by atoms with E-state index in [-0.39, 0.29) is 24.3 Å². The van der Waals surface area contributed by atoms with Crippen LogP contribution in [0.2, 0.25) is 0 Å². The van der Waals surface area contributed by atoms with Crippen molar-refractivity contribution in [1.82, 2.24) is 9.80 Å². The maximum atomic E-state index is 12.3. The molecule has 0 aliphatic carbocycles. The molecule has 0 spiro atoms. The second-order valence-corrected chi connectivity index (χ2v) is 6.14. The molecule has 20 heavy (non-hydrogen) atoms. The maximum Gasteiger partial charge on any atom is 0.227 e. The van der Waals surface area contributed by atoms with Crippen molar-refractivity contribution in [3.05, 3.63) is 0 Å². The van der Waals surface area contributed by atoms with Crippen molar-refractivity contribution in [3.63, 3.8) is 0 Å². The van der Waals surface area contributed by atoms with Gasteiger partial charge in [0.2, 0.25) is 11.8 Å². The van der Waals surface area contributed by atoms with Crippen LogP contribution in [0.3, 0.4) is 0 Å². The summed E-state index contributed by atoms with van der Waals surface area (Å²) in [6.07, 6.45) is 2.97. The Morgan fingerprint density at radius 2 is 2.10 bits per heavy atom. The number of hydrogen-bond acceptors (Lipinski definition) is 3. The lowest BCUT2D eigenvalue weighted by molar-refractivity contribution is -0.134. The quantitative estimate of drug-likeness (QED) is 0.679. The van der Waals surface area contributed by atoms with Gasteiger partial charge in [0.1, 0.15) is 0 Å². The van der Waals surface area contributed by atoms with E-state index in [0.29, 0.717) is 25.4 Å². The Bertz CT molecular complexity index is 331. The average molecular weight is 284 g/mol. The van der Waals surface area contributed by atoms with E-state index in [9.17, 15) is 9.59 Å². The zero-order valence-electron chi connectivity index (χ0n) is 13.0. The zero-order chi connectivity index (χ0) is 15.1. The lowest BCUT2D eigenvalue weighted by Gasteiger charge is -2.22. The van der Waals surface area contributed by atoms with E-state index in [1.165, 1.54) is 0 Å². The molecule has 0 aromatic carbocycles. The molecule has 1 unspecified atom stereocenters. The molecular weight excluding hydrogens is 256 g/mol. The van der Waals surface area contributed by atoms with Crippen LogP contribution in [0.4, 0.5) is 0 Å². The minimum Gasteiger partial charge on any atom is -0.396 e. The van der Waals surface area contributed by atoms with Crippen molar-refractivity contribution in [2.24, 2.45) is 11.8 Å². The number of likely N-dealkylation sites (tertiary alicyclic amines) is 1. The molecule has 0 saturated carbocycles. The number of amides is 2. The van der Waals surface area contributed by atoms with E-state index in [4.69, 9.17) is 5.11 Å². The normalized spacial score (nSPS) is 18.9. The monoisotopic (exact) mass is 284 g/mol. The molecule has 5 heteroatoms. The van der Waals surface area contributed by atoms with Gasteiger partial charge in [-0.05, 0) is 25.2 Å².